The number of aliphatic carboxylic acids is 1. The summed E-state index contributed by atoms with van der Waals surface area (Å²) in [6.45, 7) is 2.67. The lowest BCUT2D eigenvalue weighted by Crippen LogP contribution is -2.42. The molecule has 2 amide bonds. The zero-order chi connectivity index (χ0) is 15.4. The first-order valence-electron chi connectivity index (χ1n) is 7.08. The van der Waals surface area contributed by atoms with E-state index < -0.39 is 5.97 Å². The summed E-state index contributed by atoms with van der Waals surface area (Å²) in [5.74, 6) is -1.53. The standard InChI is InChI=1S/C15H19FN2O3/c1-2-10-3-4-12(9-13(10)16)17-15(21)18-7-5-11(6-8-18)14(19)20/h3-4,9,11H,2,5-8H2,1H3,(H,17,21)(H,19,20). The number of carboxylic acid groups (broad SMARTS) is 1. The number of halogens is 1. The Kier molecular flexibility index (Phi) is 4.77. The minimum absolute atomic E-state index is 0.317. The number of anilines is 1. The number of hydrogen-bond donors (Lipinski definition) is 2. The molecule has 114 valence electrons. The smallest absolute Gasteiger partial charge is 0.321 e. The van der Waals surface area contributed by atoms with Crippen molar-refractivity contribution in [3.8, 4) is 0 Å². The maximum Gasteiger partial charge on any atom is 0.321 e. The van der Waals surface area contributed by atoms with Gasteiger partial charge in [0.2, 0.25) is 0 Å². The van der Waals surface area contributed by atoms with Crippen LogP contribution in [-0.4, -0.2) is 35.1 Å². The number of nitrogens with one attached hydrogen (secondary N) is 1. The molecule has 0 radical (unpaired) electrons. The number of aryl methyl sites for hydroxylation is 1. The molecule has 0 aromatic heterocycles. The second-order valence-corrected chi connectivity index (χ2v) is 5.19. The molecule has 1 heterocycles. The largest absolute Gasteiger partial charge is 0.481 e. The van der Waals surface area contributed by atoms with Crippen molar-refractivity contribution in [1.29, 1.82) is 0 Å². The Hall–Kier alpha value is -2.11. The Bertz CT molecular complexity index is 540. The van der Waals surface area contributed by atoms with Gasteiger partial charge in [0.05, 0.1) is 5.92 Å². The molecule has 2 rings (SSSR count). The molecule has 1 fully saturated rings. The van der Waals surface area contributed by atoms with Gasteiger partial charge in [-0.2, -0.15) is 0 Å². The first-order chi connectivity index (χ1) is 10.0. The topological polar surface area (TPSA) is 69.6 Å². The van der Waals surface area contributed by atoms with Crippen LogP contribution in [0.2, 0.25) is 0 Å². The van der Waals surface area contributed by atoms with E-state index in [-0.39, 0.29) is 17.8 Å². The molecular weight excluding hydrogens is 275 g/mol. The van der Waals surface area contributed by atoms with E-state index in [0.29, 0.717) is 43.6 Å². The van der Waals surface area contributed by atoms with Crippen molar-refractivity contribution < 1.29 is 19.1 Å². The summed E-state index contributed by atoms with van der Waals surface area (Å²) in [4.78, 5) is 24.5. The zero-order valence-electron chi connectivity index (χ0n) is 11.9. The summed E-state index contributed by atoms with van der Waals surface area (Å²) in [5, 5.41) is 11.6. The molecule has 1 aromatic rings. The number of carboxylic acids is 1. The van der Waals surface area contributed by atoms with Gasteiger partial charge >= 0.3 is 12.0 Å². The minimum Gasteiger partial charge on any atom is -0.481 e. The van der Waals surface area contributed by atoms with Crippen LogP contribution in [-0.2, 0) is 11.2 Å². The summed E-state index contributed by atoms with van der Waals surface area (Å²) >= 11 is 0. The quantitative estimate of drug-likeness (QED) is 0.900. The van der Waals surface area contributed by atoms with Crippen LogP contribution in [0.5, 0.6) is 0 Å². The van der Waals surface area contributed by atoms with Gasteiger partial charge in [-0.05, 0) is 37.0 Å². The van der Waals surface area contributed by atoms with E-state index in [9.17, 15) is 14.0 Å². The van der Waals surface area contributed by atoms with Gasteiger partial charge in [-0.3, -0.25) is 4.79 Å². The number of hydrogen-bond acceptors (Lipinski definition) is 2. The maximum atomic E-state index is 13.7. The van der Waals surface area contributed by atoms with E-state index in [2.05, 4.69) is 5.32 Å². The fourth-order valence-electron chi connectivity index (χ4n) is 2.44. The van der Waals surface area contributed by atoms with Crippen LogP contribution in [0.3, 0.4) is 0 Å². The van der Waals surface area contributed by atoms with Crippen LogP contribution in [0.15, 0.2) is 18.2 Å². The SMILES string of the molecule is CCc1ccc(NC(=O)N2CCC(C(=O)O)CC2)cc1F. The van der Waals surface area contributed by atoms with Crippen LogP contribution in [0.4, 0.5) is 14.9 Å². The lowest BCUT2D eigenvalue weighted by Gasteiger charge is -2.30. The molecular formula is C15H19FN2O3. The molecule has 0 spiro atoms. The van der Waals surface area contributed by atoms with Gasteiger partial charge in [-0.1, -0.05) is 13.0 Å². The molecule has 21 heavy (non-hydrogen) atoms. The highest BCUT2D eigenvalue weighted by molar-refractivity contribution is 5.89. The number of urea groups is 1. The number of amides is 2. The Labute approximate surface area is 122 Å². The fraction of sp³-hybridized carbons (Fsp3) is 0.467. The van der Waals surface area contributed by atoms with Crippen molar-refractivity contribution >= 4 is 17.7 Å². The van der Waals surface area contributed by atoms with E-state index in [1.165, 1.54) is 6.07 Å². The van der Waals surface area contributed by atoms with Gasteiger partial charge in [-0.25, -0.2) is 9.18 Å². The molecule has 2 N–H and O–H groups in total. The monoisotopic (exact) mass is 294 g/mol. The van der Waals surface area contributed by atoms with Crippen molar-refractivity contribution in [3.05, 3.63) is 29.6 Å². The summed E-state index contributed by atoms with van der Waals surface area (Å²) in [5.41, 5.74) is 1.02. The highest BCUT2D eigenvalue weighted by Gasteiger charge is 2.26. The van der Waals surface area contributed by atoms with E-state index in [0.717, 1.165) is 0 Å². The lowest BCUT2D eigenvalue weighted by molar-refractivity contribution is -0.143. The fourth-order valence-corrected chi connectivity index (χ4v) is 2.44. The predicted octanol–water partition coefficient (Wildman–Crippen LogP) is 2.72. The zero-order valence-corrected chi connectivity index (χ0v) is 11.9. The molecule has 0 saturated carbocycles. The average Bonchev–Trinajstić information content (AvgIpc) is 2.47. The molecule has 1 saturated heterocycles. The Balaban J connectivity index is 1.93. The highest BCUT2D eigenvalue weighted by Crippen LogP contribution is 2.19. The molecule has 5 nitrogen and oxygen atoms in total. The molecule has 0 atom stereocenters. The first kappa shape index (κ1) is 15.3. The van der Waals surface area contributed by atoms with Gasteiger partial charge in [0.25, 0.3) is 0 Å². The number of carbonyl (C=O) groups excluding carboxylic acids is 1. The average molecular weight is 294 g/mol. The van der Waals surface area contributed by atoms with Gasteiger partial charge < -0.3 is 15.3 Å². The van der Waals surface area contributed by atoms with Crippen LogP contribution >= 0.6 is 0 Å². The number of nitrogens with zero attached hydrogens (tertiary/aromatic N) is 1. The van der Waals surface area contributed by atoms with Gasteiger partial charge in [0.1, 0.15) is 5.82 Å². The van der Waals surface area contributed by atoms with Crippen molar-refractivity contribution in [3.63, 3.8) is 0 Å². The first-order valence-corrected chi connectivity index (χ1v) is 7.08. The third kappa shape index (κ3) is 3.71. The van der Waals surface area contributed by atoms with E-state index >= 15 is 0 Å². The number of rotatable bonds is 3. The molecule has 1 aromatic carbocycles. The molecule has 0 unspecified atom stereocenters. The third-order valence-corrected chi connectivity index (χ3v) is 3.82. The highest BCUT2D eigenvalue weighted by atomic mass is 19.1. The van der Waals surface area contributed by atoms with Gasteiger partial charge in [0, 0.05) is 18.8 Å². The molecule has 0 aliphatic carbocycles. The second-order valence-electron chi connectivity index (χ2n) is 5.19. The number of piperidine rings is 1. The Morgan fingerprint density at radius 3 is 2.57 bits per heavy atom. The molecule has 6 heteroatoms. The molecule has 0 bridgehead atoms. The molecule has 1 aliphatic rings. The van der Waals surface area contributed by atoms with Gasteiger partial charge in [-0.15, -0.1) is 0 Å². The summed E-state index contributed by atoms with van der Waals surface area (Å²) in [6.07, 6.45) is 1.50. The summed E-state index contributed by atoms with van der Waals surface area (Å²) in [6, 6.07) is 4.31. The number of likely N-dealkylation sites (tertiary alicyclic amines) is 1. The lowest BCUT2D eigenvalue weighted by atomic mass is 9.97. The van der Waals surface area contributed by atoms with Crippen molar-refractivity contribution in [2.24, 2.45) is 5.92 Å². The summed E-state index contributed by atoms with van der Waals surface area (Å²) in [7, 11) is 0. The normalized spacial score (nSPS) is 15.8. The van der Waals surface area contributed by atoms with Crippen molar-refractivity contribution in [2.45, 2.75) is 26.2 Å². The second kappa shape index (κ2) is 6.56. The van der Waals surface area contributed by atoms with Crippen LogP contribution in [0, 0.1) is 11.7 Å². The molecule has 1 aliphatic heterocycles. The third-order valence-electron chi connectivity index (χ3n) is 3.82. The van der Waals surface area contributed by atoms with Crippen molar-refractivity contribution in [2.75, 3.05) is 18.4 Å². The minimum atomic E-state index is -0.813. The number of carbonyl (C=O) groups is 2. The van der Waals surface area contributed by atoms with E-state index in [1.807, 2.05) is 6.92 Å². The summed E-state index contributed by atoms with van der Waals surface area (Å²) < 4.78 is 13.7. The van der Waals surface area contributed by atoms with E-state index in [4.69, 9.17) is 5.11 Å². The maximum absolute atomic E-state index is 13.7. The Morgan fingerprint density at radius 1 is 1.38 bits per heavy atom. The van der Waals surface area contributed by atoms with Crippen LogP contribution in [0.1, 0.15) is 25.3 Å². The number of benzene rings is 1. The van der Waals surface area contributed by atoms with Crippen LogP contribution < -0.4 is 5.32 Å². The predicted molar refractivity (Wildman–Crippen MR) is 76.7 cm³/mol. The van der Waals surface area contributed by atoms with E-state index in [1.54, 1.807) is 17.0 Å². The van der Waals surface area contributed by atoms with Crippen molar-refractivity contribution in [1.82, 2.24) is 4.90 Å². The van der Waals surface area contributed by atoms with Crippen LogP contribution in [0.25, 0.3) is 0 Å². The van der Waals surface area contributed by atoms with Gasteiger partial charge in [0.15, 0.2) is 0 Å². The Morgan fingerprint density at radius 2 is 2.05 bits per heavy atom.